The lowest BCUT2D eigenvalue weighted by molar-refractivity contribution is -0.122. The maximum Gasteiger partial charge on any atom is 0.268 e. The van der Waals surface area contributed by atoms with E-state index in [1.165, 1.54) is 12.1 Å². The molecule has 1 saturated heterocycles. The third kappa shape index (κ3) is 5.65. The van der Waals surface area contributed by atoms with Gasteiger partial charge in [-0.1, -0.05) is 24.3 Å². The number of hydrogen-bond acceptors (Lipinski definition) is 5. The van der Waals surface area contributed by atoms with Gasteiger partial charge < -0.3 is 19.1 Å². The van der Waals surface area contributed by atoms with Crippen molar-refractivity contribution in [3.63, 3.8) is 0 Å². The molecule has 178 valence electrons. The summed E-state index contributed by atoms with van der Waals surface area (Å²) in [4.78, 5) is 14.8. The molecular weight excluding hydrogens is 453 g/mol. The topological polar surface area (TPSA) is 48.0 Å². The quantitative estimate of drug-likeness (QED) is 0.342. The van der Waals surface area contributed by atoms with Gasteiger partial charge in [0.2, 0.25) is 0 Å². The number of rotatable bonds is 10. The fourth-order valence-corrected chi connectivity index (χ4v) is 4.29. The number of amides is 1. The molecule has 0 N–H and O–H groups in total. The SMILES string of the molecule is COc1cc(N2CCC(Oc3ccc(-c4ccc(F)cc4)cc3)C2=O)ccc1OCCCSC. The van der Waals surface area contributed by atoms with Crippen LogP contribution in [0, 0.1) is 5.82 Å². The van der Waals surface area contributed by atoms with Crippen molar-refractivity contribution >= 4 is 23.4 Å². The first-order chi connectivity index (χ1) is 16.6. The van der Waals surface area contributed by atoms with Crippen LogP contribution in [-0.4, -0.2) is 44.3 Å². The number of benzene rings is 3. The molecule has 1 atom stereocenters. The second-order valence-electron chi connectivity index (χ2n) is 7.95. The van der Waals surface area contributed by atoms with Crippen molar-refractivity contribution in [2.45, 2.75) is 18.9 Å². The highest BCUT2D eigenvalue weighted by Gasteiger charge is 2.34. The van der Waals surface area contributed by atoms with Gasteiger partial charge in [-0.2, -0.15) is 11.8 Å². The van der Waals surface area contributed by atoms with E-state index in [9.17, 15) is 9.18 Å². The zero-order chi connectivity index (χ0) is 23.9. The number of carbonyl (C=O) groups excluding carboxylic acids is 1. The fourth-order valence-electron chi connectivity index (χ4n) is 3.88. The van der Waals surface area contributed by atoms with E-state index in [4.69, 9.17) is 14.2 Å². The average molecular weight is 482 g/mol. The standard InChI is InChI=1S/C27H28FNO4S/c1-31-26-18-22(10-13-24(26)32-16-3-17-34-2)29-15-14-25(27(29)30)33-23-11-6-20(7-12-23)19-4-8-21(28)9-5-19/h4-13,18,25H,3,14-17H2,1-2H3. The highest BCUT2D eigenvalue weighted by molar-refractivity contribution is 7.98. The van der Waals surface area contributed by atoms with E-state index in [2.05, 4.69) is 6.26 Å². The van der Waals surface area contributed by atoms with Crippen molar-refractivity contribution in [1.82, 2.24) is 0 Å². The summed E-state index contributed by atoms with van der Waals surface area (Å²) >= 11 is 1.79. The average Bonchev–Trinajstić information content (AvgIpc) is 3.22. The van der Waals surface area contributed by atoms with Gasteiger partial charge in [0, 0.05) is 24.7 Å². The summed E-state index contributed by atoms with van der Waals surface area (Å²) in [6.07, 6.45) is 3.07. The van der Waals surface area contributed by atoms with E-state index >= 15 is 0 Å². The van der Waals surface area contributed by atoms with Gasteiger partial charge in [0.25, 0.3) is 5.91 Å². The number of carbonyl (C=O) groups is 1. The van der Waals surface area contributed by atoms with Crippen molar-refractivity contribution < 1.29 is 23.4 Å². The smallest absolute Gasteiger partial charge is 0.268 e. The minimum absolute atomic E-state index is 0.0849. The summed E-state index contributed by atoms with van der Waals surface area (Å²) in [5.74, 6) is 2.59. The predicted octanol–water partition coefficient (Wildman–Crippen LogP) is 5.82. The molecule has 0 radical (unpaired) electrons. The molecule has 3 aromatic carbocycles. The third-order valence-electron chi connectivity index (χ3n) is 5.68. The lowest BCUT2D eigenvalue weighted by Crippen LogP contribution is -2.32. The highest BCUT2D eigenvalue weighted by atomic mass is 32.2. The molecule has 7 heteroatoms. The van der Waals surface area contributed by atoms with Gasteiger partial charge in [0.05, 0.1) is 13.7 Å². The third-order valence-corrected chi connectivity index (χ3v) is 6.37. The van der Waals surface area contributed by atoms with Crippen LogP contribution in [-0.2, 0) is 4.79 Å². The molecule has 0 bridgehead atoms. The normalized spacial score (nSPS) is 15.4. The molecule has 4 rings (SSSR count). The van der Waals surface area contributed by atoms with Crippen LogP contribution in [0.5, 0.6) is 17.2 Å². The lowest BCUT2D eigenvalue weighted by atomic mass is 10.1. The minimum atomic E-state index is -0.551. The molecule has 1 heterocycles. The van der Waals surface area contributed by atoms with Gasteiger partial charge >= 0.3 is 0 Å². The number of nitrogens with zero attached hydrogens (tertiary/aromatic N) is 1. The molecule has 1 amide bonds. The molecule has 0 spiro atoms. The zero-order valence-electron chi connectivity index (χ0n) is 19.3. The number of anilines is 1. The van der Waals surface area contributed by atoms with Gasteiger partial charge in [-0.3, -0.25) is 4.79 Å². The Morgan fingerprint density at radius 1 is 1.00 bits per heavy atom. The molecule has 1 aliphatic rings. The molecule has 0 aromatic heterocycles. The monoisotopic (exact) mass is 481 g/mol. The molecule has 3 aromatic rings. The number of ether oxygens (including phenoxy) is 3. The van der Waals surface area contributed by atoms with Crippen LogP contribution in [0.3, 0.4) is 0 Å². The molecular formula is C27H28FNO4S. The van der Waals surface area contributed by atoms with Crippen molar-refractivity contribution in [1.29, 1.82) is 0 Å². The predicted molar refractivity (Wildman–Crippen MR) is 135 cm³/mol. The number of hydrogen-bond donors (Lipinski definition) is 0. The lowest BCUT2D eigenvalue weighted by Gasteiger charge is -2.19. The summed E-state index contributed by atoms with van der Waals surface area (Å²) in [6.45, 7) is 1.18. The highest BCUT2D eigenvalue weighted by Crippen LogP contribution is 2.34. The van der Waals surface area contributed by atoms with Gasteiger partial charge in [-0.25, -0.2) is 4.39 Å². The summed E-state index contributed by atoms with van der Waals surface area (Å²) in [5, 5.41) is 0. The van der Waals surface area contributed by atoms with Crippen molar-refractivity contribution in [3.8, 4) is 28.4 Å². The Labute approximate surface area is 203 Å². The second-order valence-corrected chi connectivity index (χ2v) is 8.93. The second kappa shape index (κ2) is 11.3. The fraction of sp³-hybridized carbons (Fsp3) is 0.296. The Morgan fingerprint density at radius 2 is 1.71 bits per heavy atom. The molecule has 5 nitrogen and oxygen atoms in total. The number of methoxy groups -OCH3 is 1. The van der Waals surface area contributed by atoms with Crippen LogP contribution in [0.15, 0.2) is 66.7 Å². The summed E-state index contributed by atoms with van der Waals surface area (Å²) in [7, 11) is 1.60. The van der Waals surface area contributed by atoms with Crippen molar-refractivity contribution in [2.24, 2.45) is 0 Å². The molecule has 1 unspecified atom stereocenters. The Kier molecular flexibility index (Phi) is 7.95. The van der Waals surface area contributed by atoms with Crippen molar-refractivity contribution in [3.05, 3.63) is 72.5 Å². The molecule has 1 aliphatic heterocycles. The van der Waals surface area contributed by atoms with E-state index < -0.39 is 6.10 Å². The van der Waals surface area contributed by atoms with Crippen LogP contribution in [0.25, 0.3) is 11.1 Å². The Morgan fingerprint density at radius 3 is 2.38 bits per heavy atom. The summed E-state index contributed by atoms with van der Waals surface area (Å²) in [6, 6.07) is 19.4. The molecule has 1 fully saturated rings. The van der Waals surface area contributed by atoms with Crippen LogP contribution in [0.1, 0.15) is 12.8 Å². The Hall–Kier alpha value is -3.19. The van der Waals surface area contributed by atoms with Gasteiger partial charge in [-0.05, 0) is 66.0 Å². The van der Waals surface area contributed by atoms with Gasteiger partial charge in [-0.15, -0.1) is 0 Å². The van der Waals surface area contributed by atoms with Crippen LogP contribution in [0.4, 0.5) is 10.1 Å². The number of thioether (sulfide) groups is 1. The first kappa shape index (κ1) is 24.0. The van der Waals surface area contributed by atoms with Crippen molar-refractivity contribution in [2.75, 3.05) is 37.2 Å². The Balaban J connectivity index is 1.39. The largest absolute Gasteiger partial charge is 0.493 e. The first-order valence-corrected chi connectivity index (χ1v) is 12.6. The Bertz CT molecular complexity index is 1100. The van der Waals surface area contributed by atoms with Crippen LogP contribution < -0.4 is 19.1 Å². The first-order valence-electron chi connectivity index (χ1n) is 11.2. The van der Waals surface area contributed by atoms with Crippen LogP contribution >= 0.6 is 11.8 Å². The van der Waals surface area contributed by atoms with Crippen LogP contribution in [0.2, 0.25) is 0 Å². The van der Waals surface area contributed by atoms with E-state index in [0.29, 0.717) is 36.8 Å². The zero-order valence-corrected chi connectivity index (χ0v) is 20.1. The van der Waals surface area contributed by atoms with E-state index in [1.807, 2.05) is 42.5 Å². The molecule has 34 heavy (non-hydrogen) atoms. The molecule has 0 aliphatic carbocycles. The molecule has 0 saturated carbocycles. The van der Waals surface area contributed by atoms with E-state index in [-0.39, 0.29) is 11.7 Å². The van der Waals surface area contributed by atoms with Gasteiger partial charge in [0.15, 0.2) is 17.6 Å². The minimum Gasteiger partial charge on any atom is -0.493 e. The summed E-state index contributed by atoms with van der Waals surface area (Å²) < 4.78 is 30.5. The summed E-state index contributed by atoms with van der Waals surface area (Å²) in [5.41, 5.74) is 2.63. The van der Waals surface area contributed by atoms with E-state index in [0.717, 1.165) is 29.0 Å². The van der Waals surface area contributed by atoms with Gasteiger partial charge in [0.1, 0.15) is 11.6 Å². The maximum atomic E-state index is 13.2. The number of halogens is 1. The maximum absolute atomic E-state index is 13.2. The van der Waals surface area contributed by atoms with E-state index in [1.54, 1.807) is 35.9 Å².